The summed E-state index contributed by atoms with van der Waals surface area (Å²) in [5.41, 5.74) is 0. The smallest absolute Gasteiger partial charge is 0.0148 e. The Hall–Kier alpha value is 0.651. The first-order chi connectivity index (χ1) is 2.41. The molecule has 0 saturated heterocycles. The first kappa shape index (κ1) is 5.65. The third-order valence-electron chi connectivity index (χ3n) is 0.250. The minimum absolute atomic E-state index is 1.20. The van der Waals surface area contributed by atoms with Crippen molar-refractivity contribution >= 4 is 26.6 Å². The van der Waals surface area contributed by atoms with Gasteiger partial charge in [0.2, 0.25) is 0 Å². The molecule has 0 aliphatic carbocycles. The van der Waals surface area contributed by atoms with Crippen molar-refractivity contribution in [2.75, 3.05) is 0 Å². The number of rotatable bonds is 2. The van der Waals surface area contributed by atoms with Gasteiger partial charge in [0, 0.05) is 26.6 Å². The molecule has 0 amide bonds. The highest BCUT2D eigenvalue weighted by Gasteiger charge is 1.73. The first-order valence-corrected chi connectivity index (χ1v) is 7.50. The van der Waals surface area contributed by atoms with Gasteiger partial charge in [0.05, 0.1) is 0 Å². The molecule has 0 atom stereocenters. The van der Waals surface area contributed by atoms with Gasteiger partial charge in [0.25, 0.3) is 0 Å². The zero-order valence-electron chi connectivity index (χ0n) is 3.50. The molecule has 0 aliphatic heterocycles. The van der Waals surface area contributed by atoms with Crippen molar-refractivity contribution in [1.29, 1.82) is 0 Å². The molecule has 0 saturated carbocycles. The fraction of sp³-hybridized carbons (Fsp3) is 1.00. The summed E-state index contributed by atoms with van der Waals surface area (Å²) >= 11 is 0. The van der Waals surface area contributed by atoms with E-state index in [-0.39, 0.29) is 0 Å². The molecule has 26 valence electrons. The maximum atomic E-state index is 2.26. The van der Waals surface area contributed by atoms with Gasteiger partial charge in [-0.25, -0.2) is 0 Å². The van der Waals surface area contributed by atoms with Crippen LogP contribution in [0, 0.1) is 0 Å². The van der Waals surface area contributed by atoms with Gasteiger partial charge in [-0.15, -0.1) is 0 Å². The monoisotopic (exact) mass is 114 g/mol. The molecule has 0 spiro atoms. The molecule has 0 aliphatic rings. The molecule has 0 heterocycles. The van der Waals surface area contributed by atoms with Crippen LogP contribution in [0.25, 0.3) is 0 Å². The Labute approximate surface area is 40.4 Å². The van der Waals surface area contributed by atoms with Crippen LogP contribution in [-0.2, 0) is 0 Å². The third-order valence-corrected chi connectivity index (χ3v) is 6.75. The molecule has 0 rings (SSSR count). The predicted octanol–water partition coefficient (Wildman–Crippen LogP) is 0.0252. The average Bonchev–Trinajstić information content (AvgIpc) is 1.41. The minimum Gasteiger partial charge on any atom is -0.0761 e. The van der Waals surface area contributed by atoms with Crippen LogP contribution in [-0.4, -0.2) is 26.6 Å². The molecule has 0 aromatic rings. The Balaban J connectivity index is 2.19. The molecule has 0 bridgehead atoms. The summed E-state index contributed by atoms with van der Waals surface area (Å²) in [4.78, 5) is 0. The highest BCUT2D eigenvalue weighted by atomic mass is 29.5. The van der Waals surface area contributed by atoms with Crippen LogP contribution in [0.2, 0.25) is 13.1 Å². The Bertz CT molecular complexity index is 12.4. The molecule has 0 unspecified atom stereocenters. The van der Waals surface area contributed by atoms with E-state index in [4.69, 9.17) is 0 Å². The van der Waals surface area contributed by atoms with Crippen LogP contribution in [0.15, 0.2) is 0 Å². The van der Waals surface area contributed by atoms with Crippen LogP contribution in [0.5, 0.6) is 0 Å². The van der Waals surface area contributed by atoms with Gasteiger partial charge in [0.15, 0.2) is 0 Å². The van der Waals surface area contributed by atoms with E-state index in [2.05, 4.69) is 13.1 Å². The summed E-state index contributed by atoms with van der Waals surface area (Å²) in [6, 6.07) is 0. The normalized spacial score (nSPS) is 8.40. The molecule has 0 nitrogen and oxygen atoms in total. The highest BCUT2D eigenvalue weighted by Crippen LogP contribution is 1.48. The third kappa shape index (κ3) is 4.65. The topological polar surface area (TPSA) is 0 Å². The largest absolute Gasteiger partial charge is 0.0761 e. The van der Waals surface area contributed by atoms with Crippen LogP contribution >= 0.6 is 0 Å². The Morgan fingerprint density at radius 2 is 1.40 bits per heavy atom. The fourth-order valence-electron chi connectivity index (χ4n) is 0.125. The first-order valence-electron chi connectivity index (χ1n) is 1.50. The molecular weight excluding hydrogens is 108 g/mol. The summed E-state index contributed by atoms with van der Waals surface area (Å²) in [6.07, 6.45) is 0. The van der Waals surface area contributed by atoms with Crippen LogP contribution in [0.4, 0.5) is 0 Å². The van der Waals surface area contributed by atoms with Crippen molar-refractivity contribution < 1.29 is 0 Å². The van der Waals surface area contributed by atoms with Gasteiger partial charge >= 0.3 is 0 Å². The molecule has 0 aromatic heterocycles. The van der Waals surface area contributed by atoms with E-state index < -0.39 is 0 Å². The van der Waals surface area contributed by atoms with Gasteiger partial charge in [-0.3, -0.25) is 0 Å². The molecule has 0 fully saturated rings. The van der Waals surface area contributed by atoms with E-state index in [0.717, 1.165) is 0 Å². The van der Waals surface area contributed by atoms with E-state index in [1.807, 2.05) is 0 Å². The SMILES string of the molecule is C[Si][Si][Si]C. The van der Waals surface area contributed by atoms with Crippen molar-refractivity contribution in [2.24, 2.45) is 0 Å². The second-order valence-electron chi connectivity index (χ2n) is 0.625. The lowest BCUT2D eigenvalue weighted by atomic mass is 11.9. The van der Waals surface area contributed by atoms with Crippen LogP contribution < -0.4 is 0 Å². The second kappa shape index (κ2) is 4.65. The summed E-state index contributed by atoms with van der Waals surface area (Å²) in [6.45, 7) is 4.52. The van der Waals surface area contributed by atoms with E-state index in [9.17, 15) is 0 Å². The quantitative estimate of drug-likeness (QED) is 0.444. The summed E-state index contributed by atoms with van der Waals surface area (Å²) < 4.78 is 0. The minimum atomic E-state index is 1.20. The molecule has 0 N–H and O–H groups in total. The molecule has 5 heavy (non-hydrogen) atoms. The Morgan fingerprint density at radius 3 is 1.40 bits per heavy atom. The highest BCUT2D eigenvalue weighted by molar-refractivity contribution is 7.28. The zero-order chi connectivity index (χ0) is 4.12. The zero-order valence-corrected chi connectivity index (χ0v) is 6.50. The molecule has 6 radical (unpaired) electrons. The van der Waals surface area contributed by atoms with Crippen molar-refractivity contribution in [3.63, 3.8) is 0 Å². The van der Waals surface area contributed by atoms with Gasteiger partial charge in [-0.05, 0) is 0 Å². The summed E-state index contributed by atoms with van der Waals surface area (Å²) in [7, 11) is 3.65. The van der Waals surface area contributed by atoms with Gasteiger partial charge in [-0.1, -0.05) is 13.1 Å². The second-order valence-corrected chi connectivity index (χ2v) is 7.88. The Morgan fingerprint density at radius 1 is 1.00 bits per heavy atom. The summed E-state index contributed by atoms with van der Waals surface area (Å²) in [5, 5.41) is 0. The predicted molar refractivity (Wildman–Crippen MR) is 29.0 cm³/mol. The average molecular weight is 114 g/mol. The van der Waals surface area contributed by atoms with Crippen LogP contribution in [0.1, 0.15) is 0 Å². The van der Waals surface area contributed by atoms with E-state index >= 15 is 0 Å². The lowest BCUT2D eigenvalue weighted by Gasteiger charge is -1.73. The summed E-state index contributed by atoms with van der Waals surface area (Å²) in [5.74, 6) is 0. The molecule has 3 heteroatoms. The number of hydrogen-bond donors (Lipinski definition) is 0. The standard InChI is InChI=1S/C2H6Si3/c1-3-5-4-2/h1-2H3. The van der Waals surface area contributed by atoms with Gasteiger partial charge in [-0.2, -0.15) is 0 Å². The van der Waals surface area contributed by atoms with Crippen molar-refractivity contribution in [3.8, 4) is 0 Å². The van der Waals surface area contributed by atoms with Crippen molar-refractivity contribution in [1.82, 2.24) is 0 Å². The maximum Gasteiger partial charge on any atom is 0.0148 e. The van der Waals surface area contributed by atoms with E-state index in [1.165, 1.54) is 26.6 Å². The maximum absolute atomic E-state index is 2.26. The lowest BCUT2D eigenvalue weighted by Crippen LogP contribution is -2.03. The van der Waals surface area contributed by atoms with Crippen molar-refractivity contribution in [3.05, 3.63) is 0 Å². The Kier molecular flexibility index (Phi) is 5.26. The molecular formula is C2H6Si3. The van der Waals surface area contributed by atoms with E-state index in [1.54, 1.807) is 0 Å². The van der Waals surface area contributed by atoms with E-state index in [0.29, 0.717) is 0 Å². The fourth-order valence-corrected chi connectivity index (χ4v) is 3.38. The lowest BCUT2D eigenvalue weighted by molar-refractivity contribution is 2.34. The molecule has 0 aromatic carbocycles. The van der Waals surface area contributed by atoms with Gasteiger partial charge < -0.3 is 0 Å². The number of hydrogen-bond acceptors (Lipinski definition) is 0. The van der Waals surface area contributed by atoms with Gasteiger partial charge in [0.1, 0.15) is 0 Å². The van der Waals surface area contributed by atoms with Crippen LogP contribution in [0.3, 0.4) is 0 Å². The van der Waals surface area contributed by atoms with Crippen molar-refractivity contribution in [2.45, 2.75) is 13.1 Å².